The summed E-state index contributed by atoms with van der Waals surface area (Å²) in [5.74, 6) is -1.31. The van der Waals surface area contributed by atoms with Crippen LogP contribution in [-0.4, -0.2) is 21.4 Å². The van der Waals surface area contributed by atoms with E-state index >= 15 is 0 Å². The van der Waals surface area contributed by atoms with Gasteiger partial charge >= 0.3 is 6.18 Å². The number of benzene rings is 1. The zero-order chi connectivity index (χ0) is 20.9. The van der Waals surface area contributed by atoms with Crippen molar-refractivity contribution in [3.8, 4) is 0 Å². The molecule has 0 bridgehead atoms. The van der Waals surface area contributed by atoms with Gasteiger partial charge in [0.15, 0.2) is 11.0 Å². The summed E-state index contributed by atoms with van der Waals surface area (Å²) in [7, 11) is 0. The molecule has 0 radical (unpaired) electrons. The Balaban J connectivity index is 1.64. The van der Waals surface area contributed by atoms with E-state index in [1.165, 1.54) is 18.4 Å². The average Bonchev–Trinajstić information content (AvgIpc) is 2.64. The van der Waals surface area contributed by atoms with Gasteiger partial charge in [-0.2, -0.15) is 13.2 Å². The molecule has 11 heteroatoms. The summed E-state index contributed by atoms with van der Waals surface area (Å²) in [6.07, 6.45) is -3.29. The van der Waals surface area contributed by atoms with Crippen molar-refractivity contribution >= 4 is 34.2 Å². The highest BCUT2D eigenvalue weighted by molar-refractivity contribution is 6.38. The maximum atomic E-state index is 12.8. The molecule has 0 saturated heterocycles. The van der Waals surface area contributed by atoms with E-state index < -0.39 is 17.6 Å². The SMILES string of the molecule is O=c1[nH]c(C(F)(F)F)nc2c1CN(Cc1coc3c(Cl)cc(Cl)cc3c1=O)CC2. The van der Waals surface area contributed by atoms with E-state index in [0.29, 0.717) is 12.1 Å². The Bertz CT molecular complexity index is 1240. The van der Waals surface area contributed by atoms with Crippen molar-refractivity contribution < 1.29 is 17.6 Å². The van der Waals surface area contributed by atoms with E-state index in [0.717, 1.165) is 0 Å². The van der Waals surface area contributed by atoms with Gasteiger partial charge < -0.3 is 9.40 Å². The van der Waals surface area contributed by atoms with Crippen molar-refractivity contribution in [2.75, 3.05) is 6.54 Å². The third-order valence-corrected chi connectivity index (χ3v) is 5.17. The molecule has 1 aliphatic heterocycles. The number of hydrogen-bond donors (Lipinski definition) is 1. The van der Waals surface area contributed by atoms with Crippen molar-refractivity contribution in [1.82, 2.24) is 14.9 Å². The first-order valence-electron chi connectivity index (χ1n) is 8.44. The summed E-state index contributed by atoms with van der Waals surface area (Å²) < 4.78 is 43.9. The van der Waals surface area contributed by atoms with Crippen molar-refractivity contribution in [2.24, 2.45) is 0 Å². The lowest BCUT2D eigenvalue weighted by atomic mass is 10.1. The number of aromatic nitrogens is 2. The first kappa shape index (κ1) is 19.9. The van der Waals surface area contributed by atoms with Gasteiger partial charge in [-0.15, -0.1) is 0 Å². The van der Waals surface area contributed by atoms with Gasteiger partial charge in [-0.25, -0.2) is 4.98 Å². The van der Waals surface area contributed by atoms with Gasteiger partial charge in [-0.1, -0.05) is 23.2 Å². The molecule has 2 aromatic heterocycles. The lowest BCUT2D eigenvalue weighted by Gasteiger charge is -2.27. The number of H-pyrrole nitrogens is 1. The lowest BCUT2D eigenvalue weighted by Crippen LogP contribution is -2.37. The van der Waals surface area contributed by atoms with Gasteiger partial charge in [0, 0.05) is 36.6 Å². The van der Waals surface area contributed by atoms with Crippen LogP contribution in [0.25, 0.3) is 11.0 Å². The minimum Gasteiger partial charge on any atom is -0.462 e. The zero-order valence-corrected chi connectivity index (χ0v) is 16.1. The molecule has 0 saturated carbocycles. The van der Waals surface area contributed by atoms with E-state index in [2.05, 4.69) is 4.98 Å². The quantitative estimate of drug-likeness (QED) is 0.649. The fraction of sp³-hybridized carbons (Fsp3) is 0.278. The van der Waals surface area contributed by atoms with Crippen LogP contribution in [-0.2, 0) is 25.7 Å². The highest BCUT2D eigenvalue weighted by Crippen LogP contribution is 2.28. The molecule has 1 N–H and O–H groups in total. The molecule has 3 aromatic rings. The number of aromatic amines is 1. The largest absolute Gasteiger partial charge is 0.462 e. The monoisotopic (exact) mass is 445 g/mol. The number of nitrogens with zero attached hydrogens (tertiary/aromatic N) is 2. The molecule has 1 aliphatic rings. The number of hydrogen-bond acceptors (Lipinski definition) is 5. The van der Waals surface area contributed by atoms with Gasteiger partial charge in [0.05, 0.1) is 27.9 Å². The first-order valence-corrected chi connectivity index (χ1v) is 9.20. The van der Waals surface area contributed by atoms with Crippen LogP contribution in [0.4, 0.5) is 13.2 Å². The molecular weight excluding hydrogens is 434 g/mol. The Morgan fingerprint density at radius 1 is 1.24 bits per heavy atom. The van der Waals surface area contributed by atoms with Crippen LogP contribution in [0.15, 0.2) is 32.4 Å². The predicted octanol–water partition coefficient (Wildman–Crippen LogP) is 3.76. The maximum absolute atomic E-state index is 12.8. The van der Waals surface area contributed by atoms with Crippen LogP contribution in [0.2, 0.25) is 10.0 Å². The third kappa shape index (κ3) is 3.77. The summed E-state index contributed by atoms with van der Waals surface area (Å²) in [5, 5.41) is 0.727. The smallest absolute Gasteiger partial charge is 0.449 e. The van der Waals surface area contributed by atoms with Crippen LogP contribution in [0, 0.1) is 0 Å². The molecule has 1 aromatic carbocycles. The Labute approximate surface area is 170 Å². The number of rotatable bonds is 2. The minimum atomic E-state index is -4.72. The summed E-state index contributed by atoms with van der Waals surface area (Å²) in [5.41, 5.74) is -0.358. The zero-order valence-electron chi connectivity index (χ0n) is 14.6. The van der Waals surface area contributed by atoms with E-state index in [-0.39, 0.29) is 57.2 Å². The summed E-state index contributed by atoms with van der Waals surface area (Å²) in [6, 6.07) is 2.92. The van der Waals surface area contributed by atoms with E-state index in [1.54, 1.807) is 9.88 Å². The molecular formula is C18H12Cl2F3N3O3. The second-order valence-corrected chi connectivity index (χ2v) is 7.50. The molecule has 0 amide bonds. The van der Waals surface area contributed by atoms with Crippen molar-refractivity contribution in [3.63, 3.8) is 0 Å². The highest BCUT2D eigenvalue weighted by atomic mass is 35.5. The Hall–Kier alpha value is -2.36. The van der Waals surface area contributed by atoms with E-state index in [9.17, 15) is 22.8 Å². The molecule has 0 unspecified atom stereocenters. The Morgan fingerprint density at radius 3 is 2.72 bits per heavy atom. The molecule has 3 heterocycles. The van der Waals surface area contributed by atoms with Gasteiger partial charge in [0.25, 0.3) is 5.56 Å². The number of fused-ring (bicyclic) bond motifs is 2. The highest BCUT2D eigenvalue weighted by Gasteiger charge is 2.36. The molecule has 0 fully saturated rings. The van der Waals surface area contributed by atoms with Crippen molar-refractivity contribution in [2.45, 2.75) is 25.7 Å². The maximum Gasteiger partial charge on any atom is 0.449 e. The van der Waals surface area contributed by atoms with Gasteiger partial charge in [0.2, 0.25) is 5.82 Å². The summed E-state index contributed by atoms with van der Waals surface area (Å²) >= 11 is 12.0. The standard InChI is InChI=1S/C18H12Cl2F3N3O3/c19-9-3-10-14(27)8(7-29-15(10)12(20)4-9)5-26-2-1-13-11(6-26)16(28)25-17(24-13)18(21,22)23/h3-4,7H,1-2,5-6H2,(H,24,25,28). The Morgan fingerprint density at radius 2 is 2.00 bits per heavy atom. The van der Waals surface area contributed by atoms with Crippen LogP contribution in [0.5, 0.6) is 0 Å². The Kier molecular flexibility index (Phi) is 4.92. The van der Waals surface area contributed by atoms with Crippen LogP contribution in [0.1, 0.15) is 22.6 Å². The second kappa shape index (κ2) is 7.16. The van der Waals surface area contributed by atoms with Gasteiger partial charge in [0.1, 0.15) is 0 Å². The first-order chi connectivity index (χ1) is 13.6. The van der Waals surface area contributed by atoms with Crippen LogP contribution < -0.4 is 11.0 Å². The summed E-state index contributed by atoms with van der Waals surface area (Å²) in [4.78, 5) is 32.0. The molecule has 152 valence electrons. The van der Waals surface area contributed by atoms with Gasteiger partial charge in [-0.05, 0) is 12.1 Å². The van der Waals surface area contributed by atoms with Crippen molar-refractivity contribution in [1.29, 1.82) is 0 Å². The van der Waals surface area contributed by atoms with Crippen LogP contribution in [0.3, 0.4) is 0 Å². The number of nitrogens with one attached hydrogen (secondary N) is 1. The van der Waals surface area contributed by atoms with E-state index in [4.69, 9.17) is 27.6 Å². The van der Waals surface area contributed by atoms with Gasteiger partial charge in [-0.3, -0.25) is 14.5 Å². The molecule has 6 nitrogen and oxygen atoms in total. The predicted molar refractivity (Wildman–Crippen MR) is 100 cm³/mol. The molecule has 4 rings (SSSR count). The number of alkyl halides is 3. The third-order valence-electron chi connectivity index (χ3n) is 4.67. The summed E-state index contributed by atoms with van der Waals surface area (Å²) in [6.45, 7) is 0.528. The number of halogens is 5. The molecule has 29 heavy (non-hydrogen) atoms. The average molecular weight is 446 g/mol. The topological polar surface area (TPSA) is 79.2 Å². The molecule has 0 spiro atoms. The van der Waals surface area contributed by atoms with Crippen molar-refractivity contribution in [3.05, 3.63) is 71.7 Å². The van der Waals surface area contributed by atoms with E-state index in [1.807, 2.05) is 0 Å². The second-order valence-electron chi connectivity index (χ2n) is 6.65. The molecule has 0 aliphatic carbocycles. The fourth-order valence-electron chi connectivity index (χ4n) is 3.31. The lowest BCUT2D eigenvalue weighted by molar-refractivity contribution is -0.145. The minimum absolute atomic E-state index is 0.0591. The molecule has 0 atom stereocenters. The fourth-order valence-corrected chi connectivity index (χ4v) is 3.84. The van der Waals surface area contributed by atoms with Crippen LogP contribution >= 0.6 is 23.2 Å². The normalized spacial score (nSPS) is 14.9.